The molecule has 0 aliphatic rings. The number of nitrogens with zero attached hydrogens (tertiary/aromatic N) is 4. The third-order valence-corrected chi connectivity index (χ3v) is 3.79. The summed E-state index contributed by atoms with van der Waals surface area (Å²) in [5.41, 5.74) is 1.07. The second-order valence-electron chi connectivity index (χ2n) is 4.43. The number of imidazole rings is 1. The Kier molecular flexibility index (Phi) is 3.14. The Hall–Kier alpha value is -1.74. The first-order valence-corrected chi connectivity index (χ1v) is 6.97. The van der Waals surface area contributed by atoms with Crippen molar-refractivity contribution in [1.29, 1.82) is 5.26 Å². The summed E-state index contributed by atoms with van der Waals surface area (Å²) in [6.45, 7) is 0. The minimum absolute atomic E-state index is 0.0632. The largest absolute Gasteiger partial charge is 0.354 e. The molecule has 106 valence electrons. The van der Waals surface area contributed by atoms with Crippen LogP contribution in [0.2, 0.25) is 0 Å². The molecule has 21 heavy (non-hydrogen) atoms. The van der Waals surface area contributed by atoms with Gasteiger partial charge in [0.25, 0.3) is 0 Å². The van der Waals surface area contributed by atoms with Crippen molar-refractivity contribution in [3.8, 4) is 6.07 Å². The van der Waals surface area contributed by atoms with E-state index in [0.29, 0.717) is 11.2 Å². The van der Waals surface area contributed by atoms with Crippen molar-refractivity contribution >= 4 is 51.5 Å². The average molecular weight is 342 g/mol. The van der Waals surface area contributed by atoms with Gasteiger partial charge >= 0.3 is 5.69 Å². The summed E-state index contributed by atoms with van der Waals surface area (Å²) in [6, 6.07) is 9.20. The number of aromatic nitrogens is 3. The second-order valence-corrected chi connectivity index (χ2v) is 6.72. The van der Waals surface area contributed by atoms with Gasteiger partial charge < -0.3 is 4.57 Å². The quantitative estimate of drug-likeness (QED) is 0.591. The van der Waals surface area contributed by atoms with Gasteiger partial charge in [0.05, 0.1) is 11.0 Å². The number of nitriles is 1. The minimum Gasteiger partial charge on any atom is -0.327 e. The number of hydrogen-bond donors (Lipinski definition) is 0. The Morgan fingerprint density at radius 2 is 1.86 bits per heavy atom. The zero-order valence-electron chi connectivity index (χ0n) is 10.6. The molecule has 0 spiro atoms. The molecule has 1 aromatic carbocycles. The van der Waals surface area contributed by atoms with Gasteiger partial charge in [-0.1, -0.05) is 46.9 Å². The van der Waals surface area contributed by atoms with Gasteiger partial charge in [-0.25, -0.2) is 9.20 Å². The number of benzene rings is 1. The van der Waals surface area contributed by atoms with E-state index in [2.05, 4.69) is 4.98 Å². The van der Waals surface area contributed by atoms with Gasteiger partial charge in [0.1, 0.15) is 23.0 Å². The molecule has 5 nitrogen and oxygen atoms in total. The first-order chi connectivity index (χ1) is 9.86. The zero-order chi connectivity index (χ0) is 15.4. The summed E-state index contributed by atoms with van der Waals surface area (Å²) in [6.07, 6.45) is 0. The number of para-hydroxylation sites is 2. The molecule has 3 rings (SSSR count). The predicted molar refractivity (Wildman–Crippen MR) is 81.9 cm³/mol. The first kappa shape index (κ1) is 14.2. The molecular weight excluding hydrogens is 335 g/mol. The van der Waals surface area contributed by atoms with Crippen LogP contribution in [0.15, 0.2) is 29.1 Å². The topological polar surface area (TPSA) is 63.1 Å². The van der Waals surface area contributed by atoms with E-state index >= 15 is 0 Å². The summed E-state index contributed by atoms with van der Waals surface area (Å²) in [5, 5.41) is 9.43. The maximum absolute atomic E-state index is 12.3. The average Bonchev–Trinajstić information content (AvgIpc) is 2.73. The molecule has 0 N–H and O–H groups in total. The van der Waals surface area contributed by atoms with Gasteiger partial charge in [0.15, 0.2) is 0 Å². The van der Waals surface area contributed by atoms with Gasteiger partial charge in [-0.05, 0) is 12.1 Å². The van der Waals surface area contributed by atoms with Crippen molar-refractivity contribution in [3.05, 3.63) is 46.0 Å². The molecule has 0 saturated carbocycles. The molecule has 2 heterocycles. The SMILES string of the molecule is Cn1c2ccccc2n2c(=O)nc(C(Cl)(Cl)Cl)c(C#N)c12. The fraction of sp³-hybridized carbons (Fsp3) is 0.154. The lowest BCUT2D eigenvalue weighted by Crippen LogP contribution is -2.23. The molecule has 0 atom stereocenters. The summed E-state index contributed by atoms with van der Waals surface area (Å²) >= 11 is 17.5. The van der Waals surface area contributed by atoms with Crippen molar-refractivity contribution in [1.82, 2.24) is 14.0 Å². The second kappa shape index (κ2) is 4.63. The molecule has 3 aromatic rings. The molecule has 0 saturated heterocycles. The van der Waals surface area contributed by atoms with Crippen LogP contribution in [0.3, 0.4) is 0 Å². The van der Waals surface area contributed by atoms with Gasteiger partial charge in [0.2, 0.25) is 3.79 Å². The lowest BCUT2D eigenvalue weighted by atomic mass is 10.2. The fourth-order valence-corrected chi connectivity index (χ4v) is 2.81. The normalized spacial score (nSPS) is 12.0. The monoisotopic (exact) mass is 340 g/mol. The van der Waals surface area contributed by atoms with Crippen LogP contribution >= 0.6 is 34.8 Å². The van der Waals surface area contributed by atoms with E-state index in [-0.39, 0.29) is 11.3 Å². The van der Waals surface area contributed by atoms with E-state index in [1.165, 1.54) is 4.40 Å². The molecule has 0 aliphatic carbocycles. The van der Waals surface area contributed by atoms with Crippen molar-refractivity contribution in [2.45, 2.75) is 3.79 Å². The highest BCUT2D eigenvalue weighted by atomic mass is 35.6. The highest BCUT2D eigenvalue weighted by Crippen LogP contribution is 2.39. The van der Waals surface area contributed by atoms with Gasteiger partial charge in [-0.15, -0.1) is 0 Å². The van der Waals surface area contributed by atoms with E-state index in [4.69, 9.17) is 34.8 Å². The maximum Gasteiger partial charge on any atom is 0.354 e. The summed E-state index contributed by atoms with van der Waals surface area (Å²) in [7, 11) is 1.74. The standard InChI is InChI=1S/C13H7Cl3N4O/c1-19-8-4-2-3-5-9(8)20-11(19)7(6-17)10(13(14,15)16)18-12(20)21/h2-5H,1H3. The number of alkyl halides is 3. The Labute approximate surface area is 133 Å². The highest BCUT2D eigenvalue weighted by Gasteiger charge is 2.32. The van der Waals surface area contributed by atoms with Crippen LogP contribution in [0.5, 0.6) is 0 Å². The maximum atomic E-state index is 12.3. The number of hydrogen-bond acceptors (Lipinski definition) is 3. The molecule has 0 radical (unpaired) electrons. The van der Waals surface area contributed by atoms with E-state index in [1.807, 2.05) is 18.2 Å². The van der Waals surface area contributed by atoms with Crippen LogP contribution in [0, 0.1) is 11.3 Å². The van der Waals surface area contributed by atoms with Crippen molar-refractivity contribution in [2.24, 2.45) is 7.05 Å². The van der Waals surface area contributed by atoms with E-state index < -0.39 is 9.48 Å². The first-order valence-electron chi connectivity index (χ1n) is 5.83. The van der Waals surface area contributed by atoms with Crippen LogP contribution in [0.1, 0.15) is 11.3 Å². The molecule has 0 amide bonds. The van der Waals surface area contributed by atoms with Gasteiger partial charge in [-0.2, -0.15) is 10.2 Å². The van der Waals surface area contributed by atoms with Gasteiger partial charge in [0, 0.05) is 7.05 Å². The van der Waals surface area contributed by atoms with Crippen LogP contribution in [0.25, 0.3) is 16.7 Å². The fourth-order valence-electron chi connectivity index (χ4n) is 2.40. The Morgan fingerprint density at radius 3 is 2.43 bits per heavy atom. The predicted octanol–water partition coefficient (Wildman–Crippen LogP) is 2.88. The molecular formula is C13H7Cl3N4O. The third-order valence-electron chi connectivity index (χ3n) is 3.25. The van der Waals surface area contributed by atoms with Crippen LogP contribution in [-0.2, 0) is 10.8 Å². The van der Waals surface area contributed by atoms with Crippen LogP contribution in [0.4, 0.5) is 0 Å². The smallest absolute Gasteiger partial charge is 0.327 e. The molecule has 0 aliphatic heterocycles. The Bertz CT molecular complexity index is 975. The Balaban J connectivity index is 2.67. The highest BCUT2D eigenvalue weighted by molar-refractivity contribution is 6.66. The summed E-state index contributed by atoms with van der Waals surface area (Å²) in [5.74, 6) is 0. The van der Waals surface area contributed by atoms with Crippen LogP contribution in [-0.4, -0.2) is 14.0 Å². The number of aryl methyl sites for hydroxylation is 1. The van der Waals surface area contributed by atoms with Crippen molar-refractivity contribution in [3.63, 3.8) is 0 Å². The van der Waals surface area contributed by atoms with Crippen molar-refractivity contribution in [2.75, 3.05) is 0 Å². The van der Waals surface area contributed by atoms with E-state index in [1.54, 1.807) is 23.7 Å². The molecule has 0 unspecified atom stereocenters. The zero-order valence-corrected chi connectivity index (χ0v) is 12.9. The lowest BCUT2D eigenvalue weighted by Gasteiger charge is -2.12. The molecule has 8 heteroatoms. The van der Waals surface area contributed by atoms with E-state index in [0.717, 1.165) is 5.52 Å². The third kappa shape index (κ3) is 1.99. The van der Waals surface area contributed by atoms with E-state index in [9.17, 15) is 10.1 Å². The number of fused-ring (bicyclic) bond motifs is 3. The van der Waals surface area contributed by atoms with Crippen molar-refractivity contribution < 1.29 is 0 Å². The summed E-state index contributed by atoms with van der Waals surface area (Å²) in [4.78, 5) is 16.1. The van der Waals surface area contributed by atoms with Gasteiger partial charge in [-0.3, -0.25) is 0 Å². The molecule has 0 bridgehead atoms. The van der Waals surface area contributed by atoms with Crippen LogP contribution < -0.4 is 5.69 Å². The number of halogens is 3. The number of rotatable bonds is 0. The minimum atomic E-state index is -1.95. The molecule has 0 fully saturated rings. The summed E-state index contributed by atoms with van der Waals surface area (Å²) < 4.78 is 1.10. The Morgan fingerprint density at radius 1 is 1.24 bits per heavy atom. The molecule has 2 aromatic heterocycles. The lowest BCUT2D eigenvalue weighted by molar-refractivity contribution is 0.906.